The van der Waals surface area contributed by atoms with E-state index in [0.717, 1.165) is 11.5 Å². The molecule has 2 amide bonds. The molecule has 0 unspecified atom stereocenters. The predicted octanol–water partition coefficient (Wildman–Crippen LogP) is 2.19. The van der Waals surface area contributed by atoms with Crippen LogP contribution < -0.4 is 10.6 Å². The SMILES string of the molecule is Cc1cccc(NC(=O)Nc2cnns2)c1C(=O)O. The molecule has 8 heteroatoms. The Labute approximate surface area is 112 Å². The molecule has 1 aromatic heterocycles. The van der Waals surface area contributed by atoms with Crippen LogP contribution >= 0.6 is 11.5 Å². The average molecular weight is 278 g/mol. The van der Waals surface area contributed by atoms with Gasteiger partial charge in [-0.25, -0.2) is 9.59 Å². The van der Waals surface area contributed by atoms with Gasteiger partial charge in [0, 0.05) is 11.5 Å². The lowest BCUT2D eigenvalue weighted by Gasteiger charge is -2.10. The van der Waals surface area contributed by atoms with E-state index in [1.165, 1.54) is 12.3 Å². The summed E-state index contributed by atoms with van der Waals surface area (Å²) in [6, 6.07) is 4.32. The molecule has 0 aliphatic carbocycles. The number of carboxylic acid groups (broad SMARTS) is 1. The molecule has 0 bridgehead atoms. The van der Waals surface area contributed by atoms with Crippen molar-refractivity contribution < 1.29 is 14.7 Å². The summed E-state index contributed by atoms with van der Waals surface area (Å²) < 4.78 is 3.60. The van der Waals surface area contributed by atoms with Crippen LogP contribution in [0.5, 0.6) is 0 Å². The minimum atomic E-state index is -1.09. The highest BCUT2D eigenvalue weighted by molar-refractivity contribution is 7.10. The van der Waals surface area contributed by atoms with Crippen LogP contribution in [-0.4, -0.2) is 26.7 Å². The summed E-state index contributed by atoms with van der Waals surface area (Å²) in [6.45, 7) is 1.67. The van der Waals surface area contributed by atoms with Gasteiger partial charge in [0.2, 0.25) is 0 Å². The quantitative estimate of drug-likeness (QED) is 0.798. The van der Waals surface area contributed by atoms with Gasteiger partial charge in [0.15, 0.2) is 0 Å². The third-order valence-electron chi connectivity index (χ3n) is 2.33. The molecule has 7 nitrogen and oxygen atoms in total. The zero-order chi connectivity index (χ0) is 13.8. The Morgan fingerprint density at radius 3 is 2.74 bits per heavy atom. The van der Waals surface area contributed by atoms with Gasteiger partial charge < -0.3 is 10.4 Å². The number of rotatable bonds is 3. The topological polar surface area (TPSA) is 104 Å². The van der Waals surface area contributed by atoms with Gasteiger partial charge in [0.25, 0.3) is 0 Å². The Hall–Kier alpha value is -2.48. The normalized spacial score (nSPS) is 9.95. The lowest BCUT2D eigenvalue weighted by Crippen LogP contribution is -2.20. The van der Waals surface area contributed by atoms with Crippen molar-refractivity contribution in [2.45, 2.75) is 6.92 Å². The molecule has 1 heterocycles. The highest BCUT2D eigenvalue weighted by Crippen LogP contribution is 2.20. The van der Waals surface area contributed by atoms with E-state index in [0.29, 0.717) is 10.6 Å². The van der Waals surface area contributed by atoms with E-state index >= 15 is 0 Å². The van der Waals surface area contributed by atoms with Gasteiger partial charge >= 0.3 is 12.0 Å². The second-order valence-electron chi connectivity index (χ2n) is 3.66. The molecule has 0 spiro atoms. The second kappa shape index (κ2) is 5.44. The molecule has 3 N–H and O–H groups in total. The number of nitrogens with zero attached hydrogens (tertiary/aromatic N) is 2. The van der Waals surface area contributed by atoms with Crippen LogP contribution in [0, 0.1) is 6.92 Å². The zero-order valence-corrected chi connectivity index (χ0v) is 10.7. The summed E-state index contributed by atoms with van der Waals surface area (Å²) in [5.74, 6) is -1.09. The van der Waals surface area contributed by atoms with Crippen molar-refractivity contribution >= 4 is 34.2 Å². The molecule has 2 aromatic rings. The summed E-state index contributed by atoms with van der Waals surface area (Å²) in [6.07, 6.45) is 1.40. The fraction of sp³-hybridized carbons (Fsp3) is 0.0909. The van der Waals surface area contributed by atoms with E-state index in [2.05, 4.69) is 20.2 Å². The van der Waals surface area contributed by atoms with E-state index in [4.69, 9.17) is 5.11 Å². The van der Waals surface area contributed by atoms with Crippen LogP contribution in [0.4, 0.5) is 15.5 Å². The van der Waals surface area contributed by atoms with Gasteiger partial charge in [-0.2, -0.15) is 0 Å². The van der Waals surface area contributed by atoms with Crippen LogP contribution in [0.3, 0.4) is 0 Å². The number of nitrogens with one attached hydrogen (secondary N) is 2. The molecule has 0 atom stereocenters. The molecule has 1 aromatic carbocycles. The Morgan fingerprint density at radius 2 is 2.11 bits per heavy atom. The maximum Gasteiger partial charge on any atom is 0.338 e. The van der Waals surface area contributed by atoms with Gasteiger partial charge in [-0.3, -0.25) is 5.32 Å². The van der Waals surface area contributed by atoms with Crippen LogP contribution in [0.15, 0.2) is 24.4 Å². The van der Waals surface area contributed by atoms with Crippen molar-refractivity contribution in [3.8, 4) is 0 Å². The number of hydrogen-bond donors (Lipinski definition) is 3. The smallest absolute Gasteiger partial charge is 0.338 e. The summed E-state index contributed by atoms with van der Waals surface area (Å²) in [7, 11) is 0. The van der Waals surface area contributed by atoms with Crippen molar-refractivity contribution in [1.29, 1.82) is 0 Å². The fourth-order valence-electron chi connectivity index (χ4n) is 1.54. The van der Waals surface area contributed by atoms with E-state index in [9.17, 15) is 9.59 Å². The minimum absolute atomic E-state index is 0.0695. The first-order chi connectivity index (χ1) is 9.08. The molecular formula is C11H10N4O3S. The predicted molar refractivity (Wildman–Crippen MR) is 70.7 cm³/mol. The number of amides is 2. The second-order valence-corrected chi connectivity index (χ2v) is 4.45. The number of carboxylic acids is 1. The third-order valence-corrected chi connectivity index (χ3v) is 2.91. The number of urea groups is 1. The average Bonchev–Trinajstić information content (AvgIpc) is 2.81. The molecule has 2 rings (SSSR count). The molecule has 0 aliphatic rings. The lowest BCUT2D eigenvalue weighted by molar-refractivity contribution is 0.0697. The first-order valence-corrected chi connectivity index (χ1v) is 6.03. The molecule has 0 fully saturated rings. The van der Waals surface area contributed by atoms with Crippen LogP contribution in [-0.2, 0) is 0 Å². The third kappa shape index (κ3) is 3.05. The molecule has 0 radical (unpaired) electrons. The molecule has 19 heavy (non-hydrogen) atoms. The fourth-order valence-corrected chi connectivity index (χ4v) is 1.96. The molecule has 0 saturated heterocycles. The van der Waals surface area contributed by atoms with Gasteiger partial charge in [0.05, 0.1) is 17.4 Å². The maximum absolute atomic E-state index is 11.7. The summed E-state index contributed by atoms with van der Waals surface area (Å²) in [5.41, 5.74) is 0.882. The Balaban J connectivity index is 2.17. The van der Waals surface area contributed by atoms with Gasteiger partial charge in [-0.05, 0) is 18.6 Å². The molecule has 98 valence electrons. The van der Waals surface area contributed by atoms with E-state index in [1.54, 1.807) is 19.1 Å². The number of anilines is 2. The van der Waals surface area contributed by atoms with E-state index in [-0.39, 0.29) is 11.3 Å². The van der Waals surface area contributed by atoms with Crippen molar-refractivity contribution in [3.63, 3.8) is 0 Å². The van der Waals surface area contributed by atoms with Crippen molar-refractivity contribution in [3.05, 3.63) is 35.5 Å². The van der Waals surface area contributed by atoms with Crippen molar-refractivity contribution in [1.82, 2.24) is 9.59 Å². The summed E-state index contributed by atoms with van der Waals surface area (Å²) in [4.78, 5) is 22.9. The number of aromatic carboxylic acids is 1. The highest BCUT2D eigenvalue weighted by Gasteiger charge is 2.15. The van der Waals surface area contributed by atoms with Gasteiger partial charge in [0.1, 0.15) is 5.00 Å². The Kier molecular flexibility index (Phi) is 3.71. The lowest BCUT2D eigenvalue weighted by atomic mass is 10.1. The minimum Gasteiger partial charge on any atom is -0.478 e. The zero-order valence-electron chi connectivity index (χ0n) is 9.88. The Morgan fingerprint density at radius 1 is 1.32 bits per heavy atom. The standard InChI is InChI=1S/C11H10N4O3S/c1-6-3-2-4-7(9(6)10(16)17)13-11(18)14-8-5-12-15-19-8/h2-5H,1H3,(H,16,17)(H2,13,14,18). The molecular weight excluding hydrogens is 268 g/mol. The summed E-state index contributed by atoms with van der Waals surface area (Å²) >= 11 is 1.03. The van der Waals surface area contributed by atoms with Crippen molar-refractivity contribution in [2.24, 2.45) is 0 Å². The van der Waals surface area contributed by atoms with Gasteiger partial charge in [-0.1, -0.05) is 16.6 Å². The Bertz CT molecular complexity index is 612. The number of aromatic nitrogens is 2. The van der Waals surface area contributed by atoms with Gasteiger partial charge in [-0.15, -0.1) is 5.10 Å². The summed E-state index contributed by atoms with van der Waals surface area (Å²) in [5, 5.41) is 18.2. The van der Waals surface area contributed by atoms with E-state index in [1.807, 2.05) is 0 Å². The number of carbonyl (C=O) groups excluding carboxylic acids is 1. The molecule has 0 aliphatic heterocycles. The monoisotopic (exact) mass is 278 g/mol. The number of benzene rings is 1. The first kappa shape index (κ1) is 13.0. The highest BCUT2D eigenvalue weighted by atomic mass is 32.1. The first-order valence-electron chi connectivity index (χ1n) is 5.26. The number of carbonyl (C=O) groups is 2. The van der Waals surface area contributed by atoms with Crippen molar-refractivity contribution in [2.75, 3.05) is 10.6 Å². The molecule has 0 saturated carbocycles. The number of hydrogen-bond acceptors (Lipinski definition) is 5. The van der Waals surface area contributed by atoms with Crippen LogP contribution in [0.1, 0.15) is 15.9 Å². The number of aryl methyl sites for hydroxylation is 1. The largest absolute Gasteiger partial charge is 0.478 e. The van der Waals surface area contributed by atoms with E-state index < -0.39 is 12.0 Å². The maximum atomic E-state index is 11.7. The van der Waals surface area contributed by atoms with Crippen LogP contribution in [0.25, 0.3) is 0 Å². The van der Waals surface area contributed by atoms with Crippen LogP contribution in [0.2, 0.25) is 0 Å².